The maximum Gasteiger partial charge on any atom is 0.308 e. The van der Waals surface area contributed by atoms with Crippen molar-refractivity contribution in [1.82, 2.24) is 4.57 Å². The molecular weight excluding hydrogens is 571 g/mol. The van der Waals surface area contributed by atoms with Gasteiger partial charge in [-0.15, -0.1) is 6.58 Å². The predicted octanol–water partition coefficient (Wildman–Crippen LogP) is 7.61. The number of rotatable bonds is 15. The average molecular weight is 613 g/mol. The molecule has 0 aliphatic carbocycles. The van der Waals surface area contributed by atoms with Gasteiger partial charge in [0.1, 0.15) is 5.82 Å². The van der Waals surface area contributed by atoms with E-state index in [0.717, 1.165) is 28.1 Å². The molecule has 0 aliphatic rings. The molecule has 2 unspecified atom stereocenters. The van der Waals surface area contributed by atoms with Gasteiger partial charge >= 0.3 is 5.97 Å². The summed E-state index contributed by atoms with van der Waals surface area (Å²) in [6.07, 6.45) is 0.738. The van der Waals surface area contributed by atoms with Crippen molar-refractivity contribution in [2.45, 2.75) is 57.8 Å². The van der Waals surface area contributed by atoms with Crippen LogP contribution in [0.3, 0.4) is 0 Å². The summed E-state index contributed by atoms with van der Waals surface area (Å²) in [6.45, 7) is 8.31. The molecule has 2 atom stereocenters. The Balaban J connectivity index is 1.83. The van der Waals surface area contributed by atoms with Crippen LogP contribution in [0.25, 0.3) is 22.4 Å². The molecule has 0 aliphatic heterocycles. The summed E-state index contributed by atoms with van der Waals surface area (Å²) in [5.41, 5.74) is 5.04. The lowest BCUT2D eigenvalue weighted by Gasteiger charge is -2.22. The Hall–Kier alpha value is -4.53. The van der Waals surface area contributed by atoms with Crippen molar-refractivity contribution >= 4 is 17.6 Å². The highest BCUT2D eigenvalue weighted by Crippen LogP contribution is 2.42. The van der Waals surface area contributed by atoms with Gasteiger partial charge in [0.05, 0.1) is 43.6 Å². The lowest BCUT2D eigenvalue weighted by Crippen LogP contribution is -2.26. The number of anilines is 1. The van der Waals surface area contributed by atoms with Crippen molar-refractivity contribution in [3.63, 3.8) is 0 Å². The lowest BCUT2D eigenvalue weighted by atomic mass is 9.94. The maximum absolute atomic E-state index is 14.2. The highest BCUT2D eigenvalue weighted by atomic mass is 19.1. The molecule has 45 heavy (non-hydrogen) atoms. The van der Waals surface area contributed by atoms with Gasteiger partial charge in [-0.25, -0.2) is 4.39 Å². The summed E-state index contributed by atoms with van der Waals surface area (Å²) in [7, 11) is 1.32. The normalized spacial score (nSPS) is 12.5. The van der Waals surface area contributed by atoms with Crippen LogP contribution >= 0.6 is 0 Å². The molecule has 0 saturated carbocycles. The molecule has 236 valence electrons. The topological polar surface area (TPSA) is 89.8 Å². The minimum absolute atomic E-state index is 0.00491. The summed E-state index contributed by atoms with van der Waals surface area (Å²) in [4.78, 5) is 26.2. The lowest BCUT2D eigenvalue weighted by molar-refractivity contribution is -0.144. The quantitative estimate of drug-likeness (QED) is 0.107. The summed E-state index contributed by atoms with van der Waals surface area (Å²) >= 11 is 0. The van der Waals surface area contributed by atoms with Gasteiger partial charge in [-0.2, -0.15) is 0 Å². The largest absolute Gasteiger partial charge is 0.469 e. The number of benzene rings is 3. The number of carbonyl (C=O) groups excluding carboxylic acids is 2. The molecule has 2 N–H and O–H groups in total. The molecule has 0 bridgehead atoms. The van der Waals surface area contributed by atoms with E-state index < -0.39 is 18.2 Å². The Morgan fingerprint density at radius 2 is 1.62 bits per heavy atom. The zero-order valence-corrected chi connectivity index (χ0v) is 26.0. The predicted molar refractivity (Wildman–Crippen MR) is 176 cm³/mol. The van der Waals surface area contributed by atoms with Crippen LogP contribution in [-0.2, 0) is 20.8 Å². The number of ether oxygens (including phenoxy) is 2. The highest BCUT2D eigenvalue weighted by molar-refractivity contribution is 6.12. The first kappa shape index (κ1) is 33.4. The molecule has 8 heteroatoms. The van der Waals surface area contributed by atoms with E-state index in [-0.39, 0.29) is 37.1 Å². The highest BCUT2D eigenvalue weighted by Gasteiger charge is 2.31. The van der Waals surface area contributed by atoms with Crippen LogP contribution in [0, 0.1) is 5.82 Å². The summed E-state index contributed by atoms with van der Waals surface area (Å²) < 4.78 is 26.8. The van der Waals surface area contributed by atoms with E-state index >= 15 is 0 Å². The fourth-order valence-electron chi connectivity index (χ4n) is 5.59. The van der Waals surface area contributed by atoms with Gasteiger partial charge in [0, 0.05) is 29.9 Å². The van der Waals surface area contributed by atoms with Crippen LogP contribution < -0.4 is 5.32 Å². The van der Waals surface area contributed by atoms with Crippen molar-refractivity contribution in [1.29, 1.82) is 0 Å². The number of hydrogen-bond donors (Lipinski definition) is 2. The third kappa shape index (κ3) is 8.56. The molecule has 1 aromatic heterocycles. The molecule has 0 radical (unpaired) electrons. The molecule has 0 saturated heterocycles. The second-order valence-electron chi connectivity index (χ2n) is 11.2. The Morgan fingerprint density at radius 1 is 0.978 bits per heavy atom. The number of aliphatic hydroxyl groups excluding tert-OH is 1. The van der Waals surface area contributed by atoms with E-state index in [1.165, 1.54) is 19.2 Å². The van der Waals surface area contributed by atoms with E-state index in [9.17, 15) is 19.1 Å². The molecule has 4 aromatic rings. The number of hydrogen-bond acceptors (Lipinski definition) is 5. The van der Waals surface area contributed by atoms with Gasteiger partial charge in [-0.3, -0.25) is 9.59 Å². The van der Waals surface area contributed by atoms with Crippen LogP contribution in [-0.4, -0.2) is 47.5 Å². The van der Waals surface area contributed by atoms with Gasteiger partial charge in [0.25, 0.3) is 5.91 Å². The fourth-order valence-corrected chi connectivity index (χ4v) is 5.59. The third-order valence-corrected chi connectivity index (χ3v) is 7.58. The fraction of sp³-hybridized carbons (Fsp3) is 0.297. The van der Waals surface area contributed by atoms with Gasteiger partial charge in [-0.05, 0) is 59.9 Å². The summed E-state index contributed by atoms with van der Waals surface area (Å²) in [5, 5.41) is 14.3. The van der Waals surface area contributed by atoms with E-state index in [0.29, 0.717) is 24.2 Å². The van der Waals surface area contributed by atoms with E-state index in [2.05, 4.69) is 16.5 Å². The molecule has 1 amide bonds. The molecule has 4 rings (SSSR count). The van der Waals surface area contributed by atoms with Crippen LogP contribution in [0.5, 0.6) is 0 Å². The van der Waals surface area contributed by atoms with Gasteiger partial charge < -0.3 is 24.5 Å². The van der Waals surface area contributed by atoms with Gasteiger partial charge in [-0.1, -0.05) is 68.5 Å². The number of nitrogens with one attached hydrogen (secondary N) is 1. The van der Waals surface area contributed by atoms with Gasteiger partial charge in [0.2, 0.25) is 0 Å². The first-order valence-electron chi connectivity index (χ1n) is 15.1. The number of aliphatic hydroxyl groups is 1. The molecular formula is C37H41FN2O5. The van der Waals surface area contributed by atoms with Crippen LogP contribution in [0.2, 0.25) is 0 Å². The second kappa shape index (κ2) is 16.0. The van der Waals surface area contributed by atoms with Crippen LogP contribution in [0.15, 0.2) is 97.6 Å². The number of methoxy groups -OCH3 is 1. The number of esters is 1. The number of amides is 1. The van der Waals surface area contributed by atoms with Crippen LogP contribution in [0.1, 0.15) is 55.1 Å². The van der Waals surface area contributed by atoms with Crippen LogP contribution in [0.4, 0.5) is 10.1 Å². The molecule has 0 spiro atoms. The number of aromatic nitrogens is 1. The first-order chi connectivity index (χ1) is 21.7. The monoisotopic (exact) mass is 612 g/mol. The second-order valence-corrected chi connectivity index (χ2v) is 11.2. The van der Waals surface area contributed by atoms with Crippen molar-refractivity contribution in [3.8, 4) is 22.4 Å². The smallest absolute Gasteiger partial charge is 0.308 e. The molecule has 1 heterocycles. The Morgan fingerprint density at radius 3 is 2.22 bits per heavy atom. The zero-order valence-electron chi connectivity index (χ0n) is 26.0. The van der Waals surface area contributed by atoms with E-state index in [4.69, 9.17) is 9.47 Å². The first-order valence-corrected chi connectivity index (χ1v) is 15.1. The molecule has 3 aromatic carbocycles. The number of nitrogens with zero attached hydrogens (tertiary/aromatic N) is 1. The standard InChI is InChI=1S/C37H41FN2O5/c1-5-22-45-31(24-32(42)44-4)23-30(41)20-21-40-35(25(2)3)34(37(43)39-29-14-10-7-11-15-29)33(26-12-8-6-9-13-26)36(40)27-16-18-28(38)19-17-27/h5-19,25,30-31,41H,1,20-24H2,2-4H3,(H,39,43). The molecule has 0 fully saturated rings. The Kier molecular flexibility index (Phi) is 11.8. The number of carbonyl (C=O) groups is 2. The summed E-state index contributed by atoms with van der Waals surface area (Å²) in [6, 6.07) is 25.2. The molecule has 7 nitrogen and oxygen atoms in total. The Bertz CT molecular complexity index is 1570. The SMILES string of the molecule is C=CCOC(CC(=O)OC)CC(O)CCn1c(-c2ccc(F)cc2)c(-c2ccccc2)c(C(=O)Nc2ccccc2)c1C(C)C. The zero-order chi connectivity index (χ0) is 32.3. The van der Waals surface area contributed by atoms with Crippen molar-refractivity contribution in [2.75, 3.05) is 19.0 Å². The minimum atomic E-state index is -0.824. The van der Waals surface area contributed by atoms with E-state index in [1.807, 2.05) is 74.5 Å². The number of para-hydroxylation sites is 1. The Labute approximate surface area is 264 Å². The van der Waals surface area contributed by atoms with Crippen molar-refractivity contribution in [2.24, 2.45) is 0 Å². The minimum Gasteiger partial charge on any atom is -0.469 e. The van der Waals surface area contributed by atoms with Gasteiger partial charge in [0.15, 0.2) is 0 Å². The van der Waals surface area contributed by atoms with E-state index in [1.54, 1.807) is 18.2 Å². The maximum atomic E-state index is 14.2. The third-order valence-electron chi connectivity index (χ3n) is 7.58. The number of halogens is 1. The van der Waals surface area contributed by atoms with Crippen molar-refractivity contribution in [3.05, 3.63) is 115 Å². The average Bonchev–Trinajstić information content (AvgIpc) is 3.39. The van der Waals surface area contributed by atoms with Crippen molar-refractivity contribution < 1.29 is 28.6 Å². The summed E-state index contributed by atoms with van der Waals surface area (Å²) in [5.74, 6) is -1.14.